The van der Waals surface area contributed by atoms with Gasteiger partial charge in [0.05, 0.1) is 6.61 Å². The zero-order valence-corrected chi connectivity index (χ0v) is 18.6. The van der Waals surface area contributed by atoms with Crippen LogP contribution in [0.5, 0.6) is 5.75 Å². The number of halogens is 1. The molecule has 162 valence electrons. The molecule has 2 aromatic heterocycles. The molecule has 3 aromatic rings. The molecule has 0 bridgehead atoms. The summed E-state index contributed by atoms with van der Waals surface area (Å²) in [6.07, 6.45) is 7.13. The molecule has 0 saturated heterocycles. The number of fused-ring (bicyclic) bond motifs is 2. The van der Waals surface area contributed by atoms with Gasteiger partial charge in [-0.1, -0.05) is 19.8 Å². The van der Waals surface area contributed by atoms with Crippen molar-refractivity contribution >= 4 is 17.3 Å². The smallest absolute Gasteiger partial charge is 0.165 e. The number of aldehydes is 1. The van der Waals surface area contributed by atoms with Crippen LogP contribution in [0.1, 0.15) is 60.7 Å². The number of ether oxygens (including phenoxy) is 1. The zero-order valence-electron chi connectivity index (χ0n) is 18.6. The molecule has 0 amide bonds. The standard InChI is InChI=1S/C26H29FN2O2/c1-4-5-6-8-18-10-11-21-24(20(12-13-30)17(3)28-26(21)29-18)22-15-23(27)25-19(16(22)2)9-7-14-31-25/h10-11,13,15H,4-9,12,14H2,1-3H3. The Morgan fingerprint density at radius 1 is 1.19 bits per heavy atom. The van der Waals surface area contributed by atoms with Crippen molar-refractivity contribution in [3.8, 4) is 16.9 Å². The van der Waals surface area contributed by atoms with E-state index in [1.54, 1.807) is 6.07 Å². The number of hydrogen-bond acceptors (Lipinski definition) is 4. The highest BCUT2D eigenvalue weighted by molar-refractivity contribution is 5.97. The van der Waals surface area contributed by atoms with Crippen LogP contribution in [0.3, 0.4) is 0 Å². The van der Waals surface area contributed by atoms with Gasteiger partial charge in [-0.2, -0.15) is 0 Å². The second kappa shape index (κ2) is 9.13. The first-order chi connectivity index (χ1) is 15.0. The summed E-state index contributed by atoms with van der Waals surface area (Å²) < 4.78 is 20.6. The summed E-state index contributed by atoms with van der Waals surface area (Å²) >= 11 is 0. The van der Waals surface area contributed by atoms with Crippen molar-refractivity contribution in [3.63, 3.8) is 0 Å². The van der Waals surface area contributed by atoms with Gasteiger partial charge >= 0.3 is 0 Å². The molecular weight excluding hydrogens is 391 g/mol. The summed E-state index contributed by atoms with van der Waals surface area (Å²) in [7, 11) is 0. The first-order valence-corrected chi connectivity index (χ1v) is 11.2. The maximum atomic E-state index is 15.0. The van der Waals surface area contributed by atoms with Gasteiger partial charge in [0.2, 0.25) is 0 Å². The first-order valence-electron chi connectivity index (χ1n) is 11.2. The number of carbonyl (C=O) groups is 1. The quantitative estimate of drug-likeness (QED) is 0.355. The van der Waals surface area contributed by atoms with Crippen LogP contribution in [0.15, 0.2) is 18.2 Å². The van der Waals surface area contributed by atoms with Gasteiger partial charge in [0, 0.05) is 28.8 Å². The lowest BCUT2D eigenvalue weighted by Crippen LogP contribution is -2.13. The minimum absolute atomic E-state index is 0.233. The number of benzene rings is 1. The van der Waals surface area contributed by atoms with Crippen LogP contribution in [-0.4, -0.2) is 22.9 Å². The third-order valence-electron chi connectivity index (χ3n) is 6.24. The number of carbonyl (C=O) groups excluding carboxylic acids is 1. The average Bonchev–Trinajstić information content (AvgIpc) is 2.77. The third-order valence-corrected chi connectivity index (χ3v) is 6.24. The molecule has 0 fully saturated rings. The fourth-order valence-corrected chi connectivity index (χ4v) is 4.59. The van der Waals surface area contributed by atoms with Gasteiger partial charge in [0.1, 0.15) is 6.29 Å². The van der Waals surface area contributed by atoms with Crippen molar-refractivity contribution in [1.29, 1.82) is 0 Å². The lowest BCUT2D eigenvalue weighted by atomic mass is 9.87. The van der Waals surface area contributed by atoms with Gasteiger partial charge in [-0.25, -0.2) is 14.4 Å². The maximum absolute atomic E-state index is 15.0. The SMILES string of the molecule is CCCCCc1ccc2c(-c3cc(F)c4c(c3C)CCCO4)c(CC=O)c(C)nc2n1. The summed E-state index contributed by atoms with van der Waals surface area (Å²) in [4.78, 5) is 21.0. The second-order valence-corrected chi connectivity index (χ2v) is 8.34. The first kappa shape index (κ1) is 21.4. The van der Waals surface area contributed by atoms with Crippen molar-refractivity contribution in [2.24, 2.45) is 0 Å². The molecular formula is C26H29FN2O2. The van der Waals surface area contributed by atoms with Crippen molar-refractivity contribution in [3.05, 3.63) is 52.1 Å². The van der Waals surface area contributed by atoms with Crippen LogP contribution in [0.4, 0.5) is 4.39 Å². The number of hydrogen-bond donors (Lipinski definition) is 0. The fourth-order valence-electron chi connectivity index (χ4n) is 4.59. The van der Waals surface area contributed by atoms with Crippen molar-refractivity contribution in [2.45, 2.75) is 65.7 Å². The van der Waals surface area contributed by atoms with E-state index >= 15 is 4.39 Å². The minimum atomic E-state index is -0.348. The fraction of sp³-hybridized carbons (Fsp3) is 0.423. The Kier molecular flexibility index (Phi) is 6.30. The number of nitrogens with zero attached hydrogens (tertiary/aromatic N) is 2. The van der Waals surface area contributed by atoms with E-state index in [1.807, 2.05) is 26.0 Å². The molecule has 1 aliphatic heterocycles. The van der Waals surface area contributed by atoms with Crippen LogP contribution in [0.2, 0.25) is 0 Å². The molecule has 0 atom stereocenters. The Hall–Kier alpha value is -2.82. The van der Waals surface area contributed by atoms with E-state index in [4.69, 9.17) is 14.7 Å². The molecule has 3 heterocycles. The van der Waals surface area contributed by atoms with Gasteiger partial charge in [-0.3, -0.25) is 0 Å². The van der Waals surface area contributed by atoms with Gasteiger partial charge in [0.25, 0.3) is 0 Å². The second-order valence-electron chi connectivity index (χ2n) is 8.34. The van der Waals surface area contributed by atoms with E-state index in [2.05, 4.69) is 6.92 Å². The molecule has 0 unspecified atom stereocenters. The van der Waals surface area contributed by atoms with Gasteiger partial charge < -0.3 is 9.53 Å². The number of unbranched alkanes of at least 4 members (excludes halogenated alkanes) is 2. The summed E-state index contributed by atoms with van der Waals surface area (Å²) in [6.45, 7) is 6.65. The number of rotatable bonds is 7. The lowest BCUT2D eigenvalue weighted by Gasteiger charge is -2.23. The highest BCUT2D eigenvalue weighted by Crippen LogP contribution is 2.41. The van der Waals surface area contributed by atoms with Crippen LogP contribution in [-0.2, 0) is 24.1 Å². The molecule has 4 nitrogen and oxygen atoms in total. The molecule has 0 radical (unpaired) electrons. The predicted octanol–water partition coefficient (Wildman–Crippen LogP) is 5.85. The van der Waals surface area contributed by atoms with E-state index in [1.165, 1.54) is 6.42 Å². The van der Waals surface area contributed by atoms with Crippen LogP contribution >= 0.6 is 0 Å². The third kappa shape index (κ3) is 4.06. The van der Waals surface area contributed by atoms with Crippen LogP contribution in [0, 0.1) is 19.7 Å². The van der Waals surface area contributed by atoms with Gasteiger partial charge in [-0.15, -0.1) is 0 Å². The summed E-state index contributed by atoms with van der Waals surface area (Å²) in [5, 5.41) is 0.862. The Labute approximate surface area is 182 Å². The largest absolute Gasteiger partial charge is 0.490 e. The zero-order chi connectivity index (χ0) is 22.0. The van der Waals surface area contributed by atoms with Crippen molar-refractivity contribution in [1.82, 2.24) is 9.97 Å². The van der Waals surface area contributed by atoms with E-state index in [9.17, 15) is 4.79 Å². The maximum Gasteiger partial charge on any atom is 0.165 e. The van der Waals surface area contributed by atoms with E-state index in [-0.39, 0.29) is 12.2 Å². The van der Waals surface area contributed by atoms with Crippen LogP contribution < -0.4 is 4.74 Å². The molecule has 1 aliphatic rings. The number of aryl methyl sites for hydroxylation is 2. The van der Waals surface area contributed by atoms with E-state index < -0.39 is 0 Å². The van der Waals surface area contributed by atoms with Crippen molar-refractivity contribution in [2.75, 3.05) is 6.61 Å². The topological polar surface area (TPSA) is 52.1 Å². The van der Waals surface area contributed by atoms with Gasteiger partial charge in [-0.05, 0) is 80.0 Å². The monoisotopic (exact) mass is 420 g/mol. The highest BCUT2D eigenvalue weighted by atomic mass is 19.1. The van der Waals surface area contributed by atoms with Gasteiger partial charge in [0.15, 0.2) is 17.2 Å². The van der Waals surface area contributed by atoms with Crippen LogP contribution in [0.25, 0.3) is 22.2 Å². The molecule has 0 saturated carbocycles. The minimum Gasteiger partial charge on any atom is -0.490 e. The molecule has 31 heavy (non-hydrogen) atoms. The Morgan fingerprint density at radius 2 is 2.03 bits per heavy atom. The van der Waals surface area contributed by atoms with E-state index in [0.29, 0.717) is 18.0 Å². The molecule has 5 heteroatoms. The molecule has 4 rings (SSSR count). The molecule has 0 N–H and O–H groups in total. The molecule has 1 aromatic carbocycles. The molecule has 0 aliphatic carbocycles. The predicted molar refractivity (Wildman–Crippen MR) is 121 cm³/mol. The summed E-state index contributed by atoms with van der Waals surface area (Å²) in [5.74, 6) is 0.0231. The average molecular weight is 421 g/mol. The number of aromatic nitrogens is 2. The normalized spacial score (nSPS) is 13.2. The Morgan fingerprint density at radius 3 is 2.81 bits per heavy atom. The summed E-state index contributed by atoms with van der Waals surface area (Å²) in [5.41, 5.74) is 6.87. The van der Waals surface area contributed by atoms with Crippen molar-refractivity contribution < 1.29 is 13.9 Å². The van der Waals surface area contributed by atoms with E-state index in [0.717, 1.165) is 83.0 Å². The number of pyridine rings is 2. The Balaban J connectivity index is 1.94. The summed E-state index contributed by atoms with van der Waals surface area (Å²) in [6, 6.07) is 5.63. The lowest BCUT2D eigenvalue weighted by molar-refractivity contribution is -0.107. The highest BCUT2D eigenvalue weighted by Gasteiger charge is 2.24. The Bertz CT molecular complexity index is 1140. The molecule has 0 spiro atoms.